The molecule has 6 nitrogen and oxygen atoms in total. The summed E-state index contributed by atoms with van der Waals surface area (Å²) in [5.41, 5.74) is -0.255. The van der Waals surface area contributed by atoms with Crippen molar-refractivity contribution in [2.75, 3.05) is 0 Å². The second-order valence-electron chi connectivity index (χ2n) is 6.76. The van der Waals surface area contributed by atoms with Gasteiger partial charge in [-0.25, -0.2) is 0 Å². The summed E-state index contributed by atoms with van der Waals surface area (Å²) in [7, 11) is 1.59. The molecule has 0 amide bonds. The summed E-state index contributed by atoms with van der Waals surface area (Å²) < 4.78 is 53.0. The normalized spacial score (nSPS) is 12.7. The first-order chi connectivity index (χ1) is 14.8. The van der Waals surface area contributed by atoms with Crippen LogP contribution < -0.4 is 4.74 Å². The van der Waals surface area contributed by atoms with E-state index in [1.165, 1.54) is 29.0 Å². The zero-order chi connectivity index (χ0) is 22.2. The molecule has 160 valence electrons. The van der Waals surface area contributed by atoms with E-state index in [4.69, 9.17) is 20.9 Å². The molecule has 0 saturated heterocycles. The standard InChI is InChI=1S/C21H16ClF3N4O2/c1-12(30-17-8-7-13(22)11-15(17)18-9-10-26-31-18)19-27-28-20(29(19)2)14-5-3-4-6-16(14)21(23,24)25/h3-12H,1-2H3/t12-/m0/s1. The Kier molecular flexibility index (Phi) is 5.45. The van der Waals surface area contributed by atoms with Gasteiger partial charge in [0.2, 0.25) is 0 Å². The summed E-state index contributed by atoms with van der Waals surface area (Å²) in [5, 5.41) is 12.2. The fourth-order valence-electron chi connectivity index (χ4n) is 3.25. The lowest BCUT2D eigenvalue weighted by molar-refractivity contribution is -0.137. The Balaban J connectivity index is 1.68. The minimum Gasteiger partial charge on any atom is -0.482 e. The van der Waals surface area contributed by atoms with Crippen LogP contribution in [0.25, 0.3) is 22.7 Å². The monoisotopic (exact) mass is 448 g/mol. The Morgan fingerprint density at radius 2 is 1.84 bits per heavy atom. The van der Waals surface area contributed by atoms with Crippen LogP contribution in [-0.2, 0) is 13.2 Å². The van der Waals surface area contributed by atoms with Gasteiger partial charge < -0.3 is 13.8 Å². The van der Waals surface area contributed by atoms with Crippen LogP contribution in [0.1, 0.15) is 24.4 Å². The highest BCUT2D eigenvalue weighted by molar-refractivity contribution is 6.30. The van der Waals surface area contributed by atoms with E-state index in [1.54, 1.807) is 38.2 Å². The van der Waals surface area contributed by atoms with Crippen LogP contribution in [-0.4, -0.2) is 19.9 Å². The molecule has 0 saturated carbocycles. The van der Waals surface area contributed by atoms with Crippen molar-refractivity contribution in [3.05, 3.63) is 71.1 Å². The van der Waals surface area contributed by atoms with Crippen molar-refractivity contribution in [2.45, 2.75) is 19.2 Å². The molecule has 10 heteroatoms. The molecule has 0 unspecified atom stereocenters. The van der Waals surface area contributed by atoms with Gasteiger partial charge in [0.25, 0.3) is 0 Å². The minimum absolute atomic E-state index is 0.0581. The average molecular weight is 449 g/mol. The van der Waals surface area contributed by atoms with E-state index in [-0.39, 0.29) is 11.4 Å². The van der Waals surface area contributed by atoms with Crippen molar-refractivity contribution >= 4 is 11.6 Å². The number of nitrogens with zero attached hydrogens (tertiary/aromatic N) is 4. The lowest BCUT2D eigenvalue weighted by Crippen LogP contribution is -2.12. The zero-order valence-corrected chi connectivity index (χ0v) is 17.1. The molecular formula is C21H16ClF3N4O2. The van der Waals surface area contributed by atoms with Crippen LogP contribution in [0, 0.1) is 0 Å². The molecular weight excluding hydrogens is 433 g/mol. The summed E-state index contributed by atoms with van der Waals surface area (Å²) in [4.78, 5) is 0. The maximum atomic E-state index is 13.4. The molecule has 2 aromatic carbocycles. The summed E-state index contributed by atoms with van der Waals surface area (Å²) >= 11 is 6.10. The molecule has 4 aromatic rings. The number of rotatable bonds is 5. The Labute approximate surface area is 180 Å². The second kappa shape index (κ2) is 8.07. The smallest absolute Gasteiger partial charge is 0.417 e. The van der Waals surface area contributed by atoms with E-state index in [0.29, 0.717) is 27.9 Å². The highest BCUT2D eigenvalue weighted by atomic mass is 35.5. The summed E-state index contributed by atoms with van der Waals surface area (Å²) in [5.74, 6) is 1.35. The number of hydrogen-bond donors (Lipinski definition) is 0. The van der Waals surface area contributed by atoms with E-state index >= 15 is 0 Å². The van der Waals surface area contributed by atoms with E-state index < -0.39 is 17.8 Å². The SMILES string of the molecule is C[C@H](Oc1ccc(Cl)cc1-c1ccno1)c1nnc(-c2ccccc2C(F)(F)F)n1C. The molecule has 31 heavy (non-hydrogen) atoms. The molecule has 0 aliphatic rings. The third-order valence-corrected chi connectivity index (χ3v) is 4.93. The number of alkyl halides is 3. The summed E-state index contributed by atoms with van der Waals surface area (Å²) in [6, 6.07) is 11.9. The van der Waals surface area contributed by atoms with E-state index in [0.717, 1.165) is 6.07 Å². The van der Waals surface area contributed by atoms with Crippen molar-refractivity contribution in [1.29, 1.82) is 0 Å². The quantitative estimate of drug-likeness (QED) is 0.377. The second-order valence-corrected chi connectivity index (χ2v) is 7.20. The number of benzene rings is 2. The molecule has 2 aromatic heterocycles. The third-order valence-electron chi connectivity index (χ3n) is 4.69. The molecule has 0 aliphatic heterocycles. The maximum absolute atomic E-state index is 13.4. The molecule has 0 bridgehead atoms. The molecule has 0 radical (unpaired) electrons. The predicted octanol–water partition coefficient (Wildman–Crippen LogP) is 5.95. The van der Waals surface area contributed by atoms with Gasteiger partial charge >= 0.3 is 6.18 Å². The summed E-state index contributed by atoms with van der Waals surface area (Å²) in [6.07, 6.45) is -3.65. The highest BCUT2D eigenvalue weighted by Gasteiger charge is 2.35. The van der Waals surface area contributed by atoms with Gasteiger partial charge in [-0.05, 0) is 31.2 Å². The van der Waals surface area contributed by atoms with Gasteiger partial charge in [0.1, 0.15) is 5.75 Å². The Morgan fingerprint density at radius 1 is 1.06 bits per heavy atom. The number of aromatic nitrogens is 4. The fourth-order valence-corrected chi connectivity index (χ4v) is 3.42. The van der Waals surface area contributed by atoms with Crippen molar-refractivity contribution < 1.29 is 22.4 Å². The van der Waals surface area contributed by atoms with E-state index in [1.807, 2.05) is 0 Å². The zero-order valence-electron chi connectivity index (χ0n) is 16.4. The fraction of sp³-hybridized carbons (Fsp3) is 0.190. The largest absolute Gasteiger partial charge is 0.482 e. The van der Waals surface area contributed by atoms with Gasteiger partial charge in [-0.1, -0.05) is 35.0 Å². The number of ether oxygens (including phenoxy) is 1. The van der Waals surface area contributed by atoms with Crippen LogP contribution in [0.15, 0.2) is 59.3 Å². The van der Waals surface area contributed by atoms with Gasteiger partial charge in [0.15, 0.2) is 23.5 Å². The first-order valence-electron chi connectivity index (χ1n) is 9.19. The first-order valence-corrected chi connectivity index (χ1v) is 9.56. The molecule has 0 N–H and O–H groups in total. The number of halogens is 4. The first kappa shape index (κ1) is 20.9. The molecule has 4 rings (SSSR count). The van der Waals surface area contributed by atoms with Crippen molar-refractivity contribution in [1.82, 2.24) is 19.9 Å². The highest BCUT2D eigenvalue weighted by Crippen LogP contribution is 2.38. The average Bonchev–Trinajstić information content (AvgIpc) is 3.38. The van der Waals surface area contributed by atoms with E-state index in [9.17, 15) is 13.2 Å². The van der Waals surface area contributed by atoms with Crippen LogP contribution in [0.4, 0.5) is 13.2 Å². The Hall–Kier alpha value is -3.33. The van der Waals surface area contributed by atoms with Crippen LogP contribution in [0.2, 0.25) is 5.02 Å². The van der Waals surface area contributed by atoms with Gasteiger partial charge in [-0.3, -0.25) is 0 Å². The van der Waals surface area contributed by atoms with Crippen molar-refractivity contribution in [3.8, 4) is 28.5 Å². The molecule has 1 atom stereocenters. The predicted molar refractivity (Wildman–Crippen MR) is 107 cm³/mol. The third kappa shape index (κ3) is 4.13. The minimum atomic E-state index is -4.51. The van der Waals surface area contributed by atoms with Gasteiger partial charge in [0.05, 0.1) is 17.3 Å². The summed E-state index contributed by atoms with van der Waals surface area (Å²) in [6.45, 7) is 1.72. The Bertz CT molecular complexity index is 1210. The molecule has 0 fully saturated rings. The molecule has 0 spiro atoms. The van der Waals surface area contributed by atoms with Gasteiger partial charge in [0, 0.05) is 23.7 Å². The topological polar surface area (TPSA) is 66.0 Å². The van der Waals surface area contributed by atoms with Crippen LogP contribution >= 0.6 is 11.6 Å². The van der Waals surface area contributed by atoms with Crippen molar-refractivity contribution in [2.24, 2.45) is 7.05 Å². The lowest BCUT2D eigenvalue weighted by atomic mass is 10.1. The maximum Gasteiger partial charge on any atom is 0.417 e. The van der Waals surface area contributed by atoms with Gasteiger partial charge in [-0.15, -0.1) is 10.2 Å². The van der Waals surface area contributed by atoms with Crippen LogP contribution in [0.5, 0.6) is 5.75 Å². The van der Waals surface area contributed by atoms with Crippen LogP contribution in [0.3, 0.4) is 0 Å². The molecule has 0 aliphatic carbocycles. The van der Waals surface area contributed by atoms with Crippen molar-refractivity contribution in [3.63, 3.8) is 0 Å². The van der Waals surface area contributed by atoms with Gasteiger partial charge in [-0.2, -0.15) is 13.2 Å². The Morgan fingerprint density at radius 3 is 2.55 bits per heavy atom. The lowest BCUT2D eigenvalue weighted by Gasteiger charge is -2.17. The van der Waals surface area contributed by atoms with E-state index in [2.05, 4.69) is 15.4 Å². The molecule has 2 heterocycles. The number of hydrogen-bond acceptors (Lipinski definition) is 5.